The molecule has 0 amide bonds. The normalized spacial score (nSPS) is 12.5. The largest absolute Gasteiger partial charge is 0.421 e. The smallest absolute Gasteiger partial charge is 0.293 e. The van der Waals surface area contributed by atoms with E-state index in [4.69, 9.17) is 11.6 Å². The second kappa shape index (κ2) is 4.20. The summed E-state index contributed by atoms with van der Waals surface area (Å²) in [5, 5.41) is 0. The Bertz CT molecular complexity index is 234. The molecule has 0 saturated carbocycles. The first kappa shape index (κ1) is 13.3. The molecule has 0 aromatic rings. The number of rotatable bonds is 2. The molecule has 0 aliphatic carbocycles. The Labute approximate surface area is 79.3 Å². The van der Waals surface area contributed by atoms with Gasteiger partial charge in [-0.05, 0) is 6.08 Å². The van der Waals surface area contributed by atoms with Crippen molar-refractivity contribution in [2.75, 3.05) is 5.88 Å². The van der Waals surface area contributed by atoms with Gasteiger partial charge in [0.25, 0.3) is 0 Å². The van der Waals surface area contributed by atoms with Crippen molar-refractivity contribution in [3.63, 3.8) is 0 Å². The molecule has 0 aliphatic rings. The Hall–Kier alpha value is -0.720. The number of ketones is 1. The fraction of sp³-hybridized carbons (Fsp3) is 0.500. The average molecular weight is 241 g/mol. The summed E-state index contributed by atoms with van der Waals surface area (Å²) in [5.74, 6) is -2.38. The van der Waals surface area contributed by atoms with E-state index in [-0.39, 0.29) is 0 Å². The molecule has 0 rings (SSSR count). The molecule has 0 aliphatic heterocycles. The van der Waals surface area contributed by atoms with Gasteiger partial charge in [-0.2, -0.15) is 26.3 Å². The number of alkyl halides is 7. The van der Waals surface area contributed by atoms with Crippen molar-refractivity contribution in [3.8, 4) is 0 Å². The summed E-state index contributed by atoms with van der Waals surface area (Å²) in [6, 6.07) is 0. The Kier molecular flexibility index (Phi) is 3.99. The number of hydrogen-bond donors (Lipinski definition) is 0. The number of halogens is 7. The van der Waals surface area contributed by atoms with Crippen LogP contribution in [0.3, 0.4) is 0 Å². The van der Waals surface area contributed by atoms with Crippen molar-refractivity contribution in [3.05, 3.63) is 11.6 Å². The zero-order valence-electron chi connectivity index (χ0n) is 6.34. The third-order valence-corrected chi connectivity index (χ3v) is 1.31. The Balaban J connectivity index is 5.14. The average Bonchev–Trinajstić information content (AvgIpc) is 1.95. The summed E-state index contributed by atoms with van der Waals surface area (Å²) < 4.78 is 70.4. The molecule has 0 unspecified atom stereocenters. The number of hydrogen-bond acceptors (Lipinski definition) is 1. The molecule has 0 fully saturated rings. The predicted octanol–water partition coefficient (Wildman–Crippen LogP) is 2.85. The van der Waals surface area contributed by atoms with Crippen LogP contribution in [0.25, 0.3) is 0 Å². The van der Waals surface area contributed by atoms with Crippen LogP contribution in [0.4, 0.5) is 26.3 Å². The van der Waals surface area contributed by atoms with E-state index in [9.17, 15) is 31.1 Å². The zero-order chi connectivity index (χ0) is 11.6. The van der Waals surface area contributed by atoms with Crippen LogP contribution in [0.5, 0.6) is 0 Å². The van der Waals surface area contributed by atoms with Crippen LogP contribution in [0.15, 0.2) is 11.6 Å². The Morgan fingerprint density at radius 2 is 1.43 bits per heavy atom. The lowest BCUT2D eigenvalue weighted by atomic mass is 10.2. The highest BCUT2D eigenvalue weighted by Gasteiger charge is 2.51. The molecule has 82 valence electrons. The summed E-state index contributed by atoms with van der Waals surface area (Å²) in [7, 11) is 0. The minimum atomic E-state index is -5.61. The van der Waals surface area contributed by atoms with Crippen molar-refractivity contribution in [2.24, 2.45) is 0 Å². The topological polar surface area (TPSA) is 17.1 Å². The van der Waals surface area contributed by atoms with Gasteiger partial charge in [0, 0.05) is 0 Å². The van der Waals surface area contributed by atoms with Gasteiger partial charge in [-0.15, -0.1) is 11.6 Å². The van der Waals surface area contributed by atoms with Gasteiger partial charge in [0.15, 0.2) is 5.78 Å². The van der Waals surface area contributed by atoms with Crippen molar-refractivity contribution in [1.82, 2.24) is 0 Å². The monoisotopic (exact) mass is 240 g/mol. The highest BCUT2D eigenvalue weighted by atomic mass is 35.5. The molecule has 8 heteroatoms. The van der Waals surface area contributed by atoms with Gasteiger partial charge in [-0.25, -0.2) is 0 Å². The first-order valence-corrected chi connectivity index (χ1v) is 3.57. The van der Waals surface area contributed by atoms with Crippen LogP contribution in [0.2, 0.25) is 0 Å². The maximum absolute atomic E-state index is 11.7. The van der Waals surface area contributed by atoms with Gasteiger partial charge in [0.1, 0.15) is 5.57 Å². The highest BCUT2D eigenvalue weighted by molar-refractivity contribution is 6.29. The molecule has 0 spiro atoms. The molecule has 0 heterocycles. The van der Waals surface area contributed by atoms with Crippen molar-refractivity contribution < 1.29 is 31.1 Å². The maximum atomic E-state index is 11.7. The van der Waals surface area contributed by atoms with E-state index in [2.05, 4.69) is 0 Å². The van der Waals surface area contributed by atoms with Gasteiger partial charge < -0.3 is 0 Å². The summed E-state index contributed by atoms with van der Waals surface area (Å²) >= 11 is 4.77. The fourth-order valence-corrected chi connectivity index (χ4v) is 0.601. The molecular weight excluding hydrogens is 238 g/mol. The first-order valence-electron chi connectivity index (χ1n) is 3.04. The Morgan fingerprint density at radius 1 is 1.07 bits per heavy atom. The van der Waals surface area contributed by atoms with E-state index in [0.29, 0.717) is 0 Å². The van der Waals surface area contributed by atoms with Crippen LogP contribution in [-0.2, 0) is 4.79 Å². The van der Waals surface area contributed by atoms with E-state index < -0.39 is 35.7 Å². The van der Waals surface area contributed by atoms with Gasteiger partial charge in [-0.3, -0.25) is 4.79 Å². The summed E-state index contributed by atoms with van der Waals surface area (Å²) in [4.78, 5) is 10.3. The van der Waals surface area contributed by atoms with E-state index in [1.165, 1.54) is 0 Å². The van der Waals surface area contributed by atoms with Gasteiger partial charge in [0.2, 0.25) is 0 Å². The van der Waals surface area contributed by atoms with Gasteiger partial charge in [0.05, 0.1) is 5.88 Å². The maximum Gasteiger partial charge on any atom is 0.421 e. The molecule has 0 saturated heterocycles. The van der Waals surface area contributed by atoms with Gasteiger partial charge in [-0.1, -0.05) is 0 Å². The van der Waals surface area contributed by atoms with Crippen LogP contribution >= 0.6 is 11.6 Å². The van der Waals surface area contributed by atoms with E-state index >= 15 is 0 Å². The number of carbonyl (C=O) groups excluding carboxylic acids is 1. The van der Waals surface area contributed by atoms with Crippen molar-refractivity contribution in [2.45, 2.75) is 12.4 Å². The fourth-order valence-electron chi connectivity index (χ4n) is 0.524. The van der Waals surface area contributed by atoms with Crippen LogP contribution in [0.1, 0.15) is 0 Å². The van der Waals surface area contributed by atoms with Crippen molar-refractivity contribution >= 4 is 17.4 Å². The van der Waals surface area contributed by atoms with Crippen molar-refractivity contribution in [1.29, 1.82) is 0 Å². The second-order valence-electron chi connectivity index (χ2n) is 2.15. The molecule has 1 nitrogen and oxygen atoms in total. The zero-order valence-corrected chi connectivity index (χ0v) is 7.09. The molecule has 0 radical (unpaired) electrons. The highest BCUT2D eigenvalue weighted by Crippen LogP contribution is 2.38. The summed E-state index contributed by atoms with van der Waals surface area (Å²) in [5.41, 5.74) is -2.85. The predicted molar refractivity (Wildman–Crippen MR) is 35.9 cm³/mol. The summed E-state index contributed by atoms with van der Waals surface area (Å²) in [6.07, 6.45) is -11.8. The van der Waals surface area contributed by atoms with Crippen LogP contribution in [-0.4, -0.2) is 24.0 Å². The third kappa shape index (κ3) is 3.99. The molecule has 0 N–H and O–H groups in total. The number of carbonyl (C=O) groups is 1. The minimum Gasteiger partial charge on any atom is -0.293 e. The van der Waals surface area contributed by atoms with E-state index in [1.54, 1.807) is 0 Å². The molecule has 14 heavy (non-hydrogen) atoms. The molecular formula is C6H3ClF6O. The molecule has 0 bridgehead atoms. The molecule has 0 aromatic heterocycles. The third-order valence-electron chi connectivity index (χ3n) is 1.05. The standard InChI is InChI=1S/C6H3ClF6O/c7-2-3(14)1-4(5(8,9)10)6(11,12)13/h1H,2H2. The lowest BCUT2D eigenvalue weighted by Gasteiger charge is -2.13. The SMILES string of the molecule is O=C(C=C(C(F)(F)F)C(F)(F)F)CCl. The molecule has 0 aromatic carbocycles. The van der Waals surface area contributed by atoms with E-state index in [1.807, 2.05) is 0 Å². The van der Waals surface area contributed by atoms with Crippen LogP contribution < -0.4 is 0 Å². The second-order valence-corrected chi connectivity index (χ2v) is 2.42. The lowest BCUT2D eigenvalue weighted by Crippen LogP contribution is -2.27. The first-order chi connectivity index (χ1) is 6.09. The Morgan fingerprint density at radius 3 is 1.64 bits per heavy atom. The quantitative estimate of drug-likeness (QED) is 0.412. The van der Waals surface area contributed by atoms with Crippen LogP contribution in [0, 0.1) is 0 Å². The summed E-state index contributed by atoms with van der Waals surface area (Å²) in [6.45, 7) is 0. The lowest BCUT2D eigenvalue weighted by molar-refractivity contribution is -0.172. The van der Waals surface area contributed by atoms with E-state index in [0.717, 1.165) is 0 Å². The minimum absolute atomic E-state index is 0.549. The molecule has 0 atom stereocenters. The number of allylic oxidation sites excluding steroid dienone is 2. The van der Waals surface area contributed by atoms with Gasteiger partial charge >= 0.3 is 12.4 Å².